The van der Waals surface area contributed by atoms with Crippen molar-refractivity contribution in [1.82, 2.24) is 10.6 Å². The fourth-order valence-electron chi connectivity index (χ4n) is 7.19. The minimum absolute atomic E-state index is 0.151. The Labute approximate surface area is 157 Å². The standard InChI is InChI=1S/C22H34N2O2/c25-21(17-11-13-5-7-15(17)9-13)23-19-3-1-2-4-20(19)24-22(26)18-12-14-6-8-16(18)10-14/h13-20H,1-12H2,(H,23,25)(H,24,26). The van der Waals surface area contributed by atoms with Crippen molar-refractivity contribution in [3.63, 3.8) is 0 Å². The first-order valence-electron chi connectivity index (χ1n) is 11.3. The van der Waals surface area contributed by atoms with Gasteiger partial charge >= 0.3 is 0 Å². The highest BCUT2D eigenvalue weighted by molar-refractivity contribution is 5.81. The van der Waals surface area contributed by atoms with E-state index in [4.69, 9.17) is 0 Å². The van der Waals surface area contributed by atoms with E-state index in [1.807, 2.05) is 0 Å². The van der Waals surface area contributed by atoms with Crippen LogP contribution in [0.5, 0.6) is 0 Å². The number of hydrogen-bond acceptors (Lipinski definition) is 2. The lowest BCUT2D eigenvalue weighted by molar-refractivity contribution is -0.130. The molecule has 0 spiro atoms. The van der Waals surface area contributed by atoms with Crippen molar-refractivity contribution in [2.24, 2.45) is 35.5 Å². The van der Waals surface area contributed by atoms with Gasteiger partial charge in [-0.25, -0.2) is 0 Å². The van der Waals surface area contributed by atoms with Gasteiger partial charge in [-0.15, -0.1) is 0 Å². The van der Waals surface area contributed by atoms with E-state index in [0.717, 1.165) is 37.5 Å². The quantitative estimate of drug-likeness (QED) is 0.809. The van der Waals surface area contributed by atoms with Gasteiger partial charge in [0.15, 0.2) is 0 Å². The molecule has 0 heterocycles. The Morgan fingerprint density at radius 1 is 0.577 bits per heavy atom. The summed E-state index contributed by atoms with van der Waals surface area (Å²) in [5, 5.41) is 6.74. The van der Waals surface area contributed by atoms with Crippen molar-refractivity contribution in [1.29, 1.82) is 0 Å². The largest absolute Gasteiger partial charge is 0.351 e. The Hall–Kier alpha value is -1.06. The van der Waals surface area contributed by atoms with E-state index < -0.39 is 0 Å². The molecule has 0 aromatic heterocycles. The van der Waals surface area contributed by atoms with Gasteiger partial charge in [-0.05, 0) is 75.0 Å². The maximum atomic E-state index is 12.9. The molecule has 0 aliphatic heterocycles. The Balaban J connectivity index is 1.19. The summed E-state index contributed by atoms with van der Waals surface area (Å²) < 4.78 is 0. The lowest BCUT2D eigenvalue weighted by atomic mass is 9.85. The molecule has 5 aliphatic carbocycles. The van der Waals surface area contributed by atoms with Crippen LogP contribution in [-0.2, 0) is 9.59 Å². The van der Waals surface area contributed by atoms with Gasteiger partial charge in [0.2, 0.25) is 11.8 Å². The molecule has 0 aromatic carbocycles. The molecule has 8 unspecified atom stereocenters. The zero-order valence-electron chi connectivity index (χ0n) is 15.9. The van der Waals surface area contributed by atoms with Crippen molar-refractivity contribution in [2.75, 3.05) is 0 Å². The van der Waals surface area contributed by atoms with Crippen LogP contribution in [0.25, 0.3) is 0 Å². The van der Waals surface area contributed by atoms with Crippen LogP contribution < -0.4 is 10.6 Å². The number of carbonyl (C=O) groups excluding carboxylic acids is 2. The van der Waals surface area contributed by atoms with Gasteiger partial charge in [-0.3, -0.25) is 9.59 Å². The van der Waals surface area contributed by atoms with Crippen molar-refractivity contribution in [3.8, 4) is 0 Å². The van der Waals surface area contributed by atoms with E-state index in [1.54, 1.807) is 0 Å². The third-order valence-corrected chi connectivity index (χ3v) is 8.57. The van der Waals surface area contributed by atoms with Crippen LogP contribution in [0.3, 0.4) is 0 Å². The van der Waals surface area contributed by atoms with Crippen molar-refractivity contribution in [3.05, 3.63) is 0 Å². The highest BCUT2D eigenvalue weighted by Crippen LogP contribution is 2.49. The summed E-state index contributed by atoms with van der Waals surface area (Å²) in [5.41, 5.74) is 0. The van der Waals surface area contributed by atoms with Crippen molar-refractivity contribution < 1.29 is 9.59 Å². The second-order valence-electron chi connectivity index (χ2n) is 10.1. The normalized spacial score (nSPS) is 46.5. The molecule has 0 aromatic rings. The van der Waals surface area contributed by atoms with Crippen LogP contribution in [0, 0.1) is 35.5 Å². The molecule has 26 heavy (non-hydrogen) atoms. The summed E-state index contributed by atoms with van der Waals surface area (Å²) in [5.74, 6) is 3.92. The molecule has 5 rings (SSSR count). The molecular weight excluding hydrogens is 324 g/mol. The van der Waals surface area contributed by atoms with Gasteiger partial charge < -0.3 is 10.6 Å². The third-order valence-electron chi connectivity index (χ3n) is 8.57. The SMILES string of the molecule is O=C(NC1CCCCC1NC(=O)C1CC2CCC1C2)C1CC2CCC1C2. The van der Waals surface area contributed by atoms with Gasteiger partial charge in [-0.2, -0.15) is 0 Å². The number of carbonyl (C=O) groups is 2. The van der Waals surface area contributed by atoms with E-state index in [2.05, 4.69) is 10.6 Å². The Kier molecular flexibility index (Phi) is 4.48. The van der Waals surface area contributed by atoms with Gasteiger partial charge in [0, 0.05) is 23.9 Å². The fraction of sp³-hybridized carbons (Fsp3) is 0.909. The zero-order chi connectivity index (χ0) is 17.7. The topological polar surface area (TPSA) is 58.2 Å². The van der Waals surface area contributed by atoms with E-state index in [-0.39, 0.29) is 35.7 Å². The predicted molar refractivity (Wildman–Crippen MR) is 100 cm³/mol. The average molecular weight is 359 g/mol. The molecular formula is C22H34N2O2. The summed E-state index contributed by atoms with van der Waals surface area (Å²) in [4.78, 5) is 25.7. The molecule has 4 nitrogen and oxygen atoms in total. The summed E-state index contributed by atoms with van der Waals surface area (Å²) in [6, 6.07) is 0.302. The highest BCUT2D eigenvalue weighted by atomic mass is 16.2. The zero-order valence-corrected chi connectivity index (χ0v) is 15.9. The molecule has 5 saturated carbocycles. The number of rotatable bonds is 4. The second kappa shape index (κ2) is 6.83. The summed E-state index contributed by atoms with van der Waals surface area (Å²) in [6.07, 6.45) is 14.3. The molecule has 2 amide bonds. The first-order chi connectivity index (χ1) is 12.7. The van der Waals surface area contributed by atoms with E-state index in [0.29, 0.717) is 11.8 Å². The Morgan fingerprint density at radius 3 is 1.38 bits per heavy atom. The lowest BCUT2D eigenvalue weighted by Gasteiger charge is -2.35. The third kappa shape index (κ3) is 3.07. The monoisotopic (exact) mass is 358 g/mol. The average Bonchev–Trinajstić information content (AvgIpc) is 3.43. The van der Waals surface area contributed by atoms with E-state index >= 15 is 0 Å². The molecule has 2 N–H and O–H groups in total. The number of nitrogens with one attached hydrogen (secondary N) is 2. The molecule has 4 bridgehead atoms. The molecule has 5 fully saturated rings. The van der Waals surface area contributed by atoms with Crippen LogP contribution in [0.2, 0.25) is 0 Å². The molecule has 0 radical (unpaired) electrons. The Morgan fingerprint density at radius 2 is 1.04 bits per heavy atom. The predicted octanol–water partition coefficient (Wildman–Crippen LogP) is 3.40. The second-order valence-corrected chi connectivity index (χ2v) is 10.1. The minimum atomic E-state index is 0.151. The van der Waals surface area contributed by atoms with Gasteiger partial charge in [0.1, 0.15) is 0 Å². The molecule has 5 aliphatic rings. The van der Waals surface area contributed by atoms with Crippen LogP contribution >= 0.6 is 0 Å². The number of hydrogen-bond donors (Lipinski definition) is 2. The summed E-state index contributed by atoms with van der Waals surface area (Å²) >= 11 is 0. The van der Waals surface area contributed by atoms with Crippen LogP contribution in [-0.4, -0.2) is 23.9 Å². The summed E-state index contributed by atoms with van der Waals surface area (Å²) in [7, 11) is 0. The first-order valence-corrected chi connectivity index (χ1v) is 11.3. The van der Waals surface area contributed by atoms with Gasteiger partial charge in [0.05, 0.1) is 0 Å². The highest BCUT2D eigenvalue weighted by Gasteiger charge is 2.45. The van der Waals surface area contributed by atoms with Crippen LogP contribution in [0.15, 0.2) is 0 Å². The first kappa shape index (κ1) is 17.1. The minimum Gasteiger partial charge on any atom is -0.351 e. The maximum Gasteiger partial charge on any atom is 0.223 e. The molecule has 0 saturated heterocycles. The molecule has 144 valence electrons. The van der Waals surface area contributed by atoms with Gasteiger partial charge in [0.25, 0.3) is 0 Å². The van der Waals surface area contributed by atoms with Crippen molar-refractivity contribution >= 4 is 11.8 Å². The van der Waals surface area contributed by atoms with Crippen LogP contribution in [0.1, 0.15) is 77.0 Å². The van der Waals surface area contributed by atoms with Crippen LogP contribution in [0.4, 0.5) is 0 Å². The lowest BCUT2D eigenvalue weighted by Crippen LogP contribution is -2.55. The number of fused-ring (bicyclic) bond motifs is 4. The number of amides is 2. The fourth-order valence-corrected chi connectivity index (χ4v) is 7.19. The Bertz CT molecular complexity index is 526. The van der Waals surface area contributed by atoms with E-state index in [1.165, 1.54) is 51.4 Å². The molecule has 8 atom stereocenters. The summed E-state index contributed by atoms with van der Waals surface area (Å²) in [6.45, 7) is 0. The smallest absolute Gasteiger partial charge is 0.223 e. The molecule has 4 heteroatoms. The van der Waals surface area contributed by atoms with Crippen molar-refractivity contribution in [2.45, 2.75) is 89.1 Å². The van der Waals surface area contributed by atoms with E-state index in [9.17, 15) is 9.59 Å². The van der Waals surface area contributed by atoms with Gasteiger partial charge in [-0.1, -0.05) is 25.7 Å². The maximum absolute atomic E-state index is 12.9.